The normalized spacial score (nSPS) is 18.7. The smallest absolute Gasteiger partial charge is 0.209 e. The van der Waals surface area contributed by atoms with Gasteiger partial charge >= 0.3 is 0 Å². The summed E-state index contributed by atoms with van der Waals surface area (Å²) < 4.78 is 18.5. The minimum Gasteiger partial charge on any atom is -0.497 e. The van der Waals surface area contributed by atoms with Crippen molar-refractivity contribution in [2.75, 3.05) is 28.4 Å². The zero-order valence-electron chi connectivity index (χ0n) is 17.0. The second-order valence-electron chi connectivity index (χ2n) is 6.95. The van der Waals surface area contributed by atoms with Gasteiger partial charge in [0.25, 0.3) is 0 Å². The van der Waals surface area contributed by atoms with Gasteiger partial charge in [-0.3, -0.25) is 0 Å². The van der Waals surface area contributed by atoms with Gasteiger partial charge in [0.05, 0.1) is 26.7 Å². The van der Waals surface area contributed by atoms with Gasteiger partial charge in [-0.1, -0.05) is 6.92 Å². The van der Waals surface area contributed by atoms with Crippen molar-refractivity contribution >= 4 is 17.5 Å². The van der Waals surface area contributed by atoms with Crippen molar-refractivity contribution in [3.8, 4) is 17.2 Å². The zero-order valence-corrected chi connectivity index (χ0v) is 17.0. The number of fused-ring (bicyclic) bond motifs is 1. The van der Waals surface area contributed by atoms with Crippen LogP contribution in [0.5, 0.6) is 17.2 Å². The molecule has 27 heavy (non-hydrogen) atoms. The topological polar surface area (TPSA) is 30.7 Å². The molecule has 1 heterocycles. The summed E-state index contributed by atoms with van der Waals surface area (Å²) in [5.41, 5.74) is 4.72. The Morgan fingerprint density at radius 2 is 1.59 bits per heavy atom. The van der Waals surface area contributed by atoms with Crippen LogP contribution in [0.15, 0.2) is 42.5 Å². The highest BCUT2D eigenvalue weighted by atomic mass is 16.5. The van der Waals surface area contributed by atoms with Gasteiger partial charge in [-0.25, -0.2) is 0 Å². The standard InChI is InChI=1S/C23H28NO3/c1-7-23(2)19-14-17(25-4)11-12-20(19)24(3)22(23)13-9-16-8-10-18(26-5)15-21(16)27-6/h8-15H,7H2,1-6H3/q+1/b13-9+. The molecule has 1 unspecified atom stereocenters. The van der Waals surface area contributed by atoms with E-state index in [-0.39, 0.29) is 5.41 Å². The molecule has 0 saturated heterocycles. The monoisotopic (exact) mass is 366 g/mol. The molecule has 0 N–H and O–H groups in total. The highest BCUT2D eigenvalue weighted by Gasteiger charge is 2.45. The van der Waals surface area contributed by atoms with E-state index in [1.165, 1.54) is 17.0 Å². The molecule has 0 aromatic heterocycles. The minimum atomic E-state index is -0.0746. The maximum absolute atomic E-state index is 5.53. The first-order valence-corrected chi connectivity index (χ1v) is 9.18. The van der Waals surface area contributed by atoms with Gasteiger partial charge in [0.1, 0.15) is 24.3 Å². The van der Waals surface area contributed by atoms with Crippen LogP contribution in [0.1, 0.15) is 31.4 Å². The summed E-state index contributed by atoms with van der Waals surface area (Å²) in [7, 11) is 7.17. The average molecular weight is 366 g/mol. The number of allylic oxidation sites excluding steroid dienone is 1. The van der Waals surface area contributed by atoms with Gasteiger partial charge in [-0.15, -0.1) is 0 Å². The molecule has 2 aromatic rings. The third-order valence-electron chi connectivity index (χ3n) is 5.65. The van der Waals surface area contributed by atoms with Crippen molar-refractivity contribution < 1.29 is 18.8 Å². The van der Waals surface area contributed by atoms with Crippen LogP contribution in [-0.2, 0) is 5.41 Å². The summed E-state index contributed by atoms with van der Waals surface area (Å²) >= 11 is 0. The first-order valence-electron chi connectivity index (χ1n) is 9.18. The second-order valence-corrected chi connectivity index (χ2v) is 6.95. The lowest BCUT2D eigenvalue weighted by Crippen LogP contribution is -2.29. The van der Waals surface area contributed by atoms with Gasteiger partial charge in [-0.2, -0.15) is 4.58 Å². The Morgan fingerprint density at radius 3 is 2.22 bits per heavy atom. The minimum absolute atomic E-state index is 0.0746. The van der Waals surface area contributed by atoms with Crippen molar-refractivity contribution in [3.63, 3.8) is 0 Å². The number of nitrogens with zero attached hydrogens (tertiary/aromatic N) is 1. The molecule has 0 radical (unpaired) electrons. The molecule has 1 aliphatic rings. The lowest BCUT2D eigenvalue weighted by molar-refractivity contribution is -0.401. The molecule has 4 heteroatoms. The van der Waals surface area contributed by atoms with Gasteiger partial charge in [-0.05, 0) is 43.7 Å². The van der Waals surface area contributed by atoms with Crippen LogP contribution in [-0.4, -0.2) is 38.7 Å². The molecule has 0 saturated carbocycles. The van der Waals surface area contributed by atoms with Gasteiger partial charge in [0.15, 0.2) is 5.71 Å². The molecule has 0 fully saturated rings. The van der Waals surface area contributed by atoms with Crippen LogP contribution in [0, 0.1) is 0 Å². The Morgan fingerprint density at radius 1 is 0.926 bits per heavy atom. The van der Waals surface area contributed by atoms with Crippen LogP contribution >= 0.6 is 0 Å². The van der Waals surface area contributed by atoms with E-state index in [9.17, 15) is 0 Å². The van der Waals surface area contributed by atoms with Gasteiger partial charge in [0, 0.05) is 29.3 Å². The molecular formula is C23H28NO3+. The second kappa shape index (κ2) is 7.47. The molecule has 4 nitrogen and oxygen atoms in total. The van der Waals surface area contributed by atoms with E-state index < -0.39 is 0 Å². The third kappa shape index (κ3) is 3.20. The van der Waals surface area contributed by atoms with Crippen LogP contribution in [0.4, 0.5) is 5.69 Å². The number of benzene rings is 2. The number of hydrogen-bond donors (Lipinski definition) is 0. The fraction of sp³-hybridized carbons (Fsp3) is 0.348. The fourth-order valence-electron chi connectivity index (χ4n) is 3.81. The molecule has 0 amide bonds. The highest BCUT2D eigenvalue weighted by Crippen LogP contribution is 2.43. The highest BCUT2D eigenvalue weighted by molar-refractivity contribution is 6.05. The van der Waals surface area contributed by atoms with E-state index in [0.29, 0.717) is 0 Å². The van der Waals surface area contributed by atoms with E-state index in [1.807, 2.05) is 24.3 Å². The molecule has 0 bridgehead atoms. The van der Waals surface area contributed by atoms with E-state index in [2.05, 4.69) is 49.8 Å². The fourth-order valence-corrected chi connectivity index (χ4v) is 3.81. The largest absolute Gasteiger partial charge is 0.497 e. The Hall–Kier alpha value is -2.75. The summed E-state index contributed by atoms with van der Waals surface area (Å²) in [5.74, 6) is 2.47. The summed E-state index contributed by atoms with van der Waals surface area (Å²) in [6.45, 7) is 4.52. The van der Waals surface area contributed by atoms with Crippen molar-refractivity contribution in [1.29, 1.82) is 0 Å². The van der Waals surface area contributed by atoms with Crippen LogP contribution < -0.4 is 14.2 Å². The van der Waals surface area contributed by atoms with E-state index in [1.54, 1.807) is 21.3 Å². The molecule has 2 aromatic carbocycles. The predicted octanol–water partition coefficient (Wildman–Crippen LogP) is 4.82. The number of rotatable bonds is 6. The van der Waals surface area contributed by atoms with E-state index >= 15 is 0 Å². The SMILES string of the molecule is CCC1(C)C(/C=C/c2ccc(OC)cc2OC)=[N+](C)c2ccc(OC)cc21. The van der Waals surface area contributed by atoms with Crippen molar-refractivity contribution in [3.05, 3.63) is 53.6 Å². The first-order chi connectivity index (χ1) is 13.0. The van der Waals surface area contributed by atoms with E-state index in [0.717, 1.165) is 29.2 Å². The van der Waals surface area contributed by atoms with Crippen molar-refractivity contribution in [1.82, 2.24) is 0 Å². The average Bonchev–Trinajstić information content (AvgIpc) is 2.93. The van der Waals surface area contributed by atoms with Gasteiger partial charge in [0.2, 0.25) is 5.69 Å². The Balaban J connectivity index is 2.04. The van der Waals surface area contributed by atoms with Crippen molar-refractivity contribution in [2.24, 2.45) is 0 Å². The van der Waals surface area contributed by atoms with Crippen LogP contribution in [0.3, 0.4) is 0 Å². The number of methoxy groups -OCH3 is 3. The Bertz CT molecular complexity index is 914. The summed E-state index contributed by atoms with van der Waals surface area (Å²) in [5, 5.41) is 0. The zero-order chi connectivity index (χ0) is 19.6. The van der Waals surface area contributed by atoms with Crippen LogP contribution in [0.2, 0.25) is 0 Å². The molecular weight excluding hydrogens is 338 g/mol. The Labute approximate surface area is 161 Å². The van der Waals surface area contributed by atoms with Crippen molar-refractivity contribution in [2.45, 2.75) is 25.7 Å². The predicted molar refractivity (Wildman–Crippen MR) is 110 cm³/mol. The Kier molecular flexibility index (Phi) is 5.26. The third-order valence-corrected chi connectivity index (χ3v) is 5.65. The molecule has 0 aliphatic carbocycles. The van der Waals surface area contributed by atoms with E-state index in [4.69, 9.17) is 14.2 Å². The quantitative estimate of drug-likeness (QED) is 0.687. The first kappa shape index (κ1) is 19.0. The molecule has 3 rings (SSSR count). The lowest BCUT2D eigenvalue weighted by atomic mass is 9.77. The number of ether oxygens (including phenoxy) is 3. The summed E-state index contributed by atoms with van der Waals surface area (Å²) in [4.78, 5) is 0. The maximum Gasteiger partial charge on any atom is 0.209 e. The lowest BCUT2D eigenvalue weighted by Gasteiger charge is -2.20. The molecule has 1 atom stereocenters. The summed E-state index contributed by atoms with van der Waals surface area (Å²) in [6, 6.07) is 12.2. The molecule has 0 spiro atoms. The van der Waals surface area contributed by atoms with Crippen LogP contribution in [0.25, 0.3) is 6.08 Å². The summed E-state index contributed by atoms with van der Waals surface area (Å²) in [6.07, 6.45) is 5.30. The maximum atomic E-state index is 5.53. The molecule has 142 valence electrons. The molecule has 1 aliphatic heterocycles. The number of hydrogen-bond acceptors (Lipinski definition) is 3. The van der Waals surface area contributed by atoms with Gasteiger partial charge < -0.3 is 14.2 Å².